The highest BCUT2D eigenvalue weighted by atomic mass is 32.2. The maximum atomic E-state index is 10.6. The number of unbranched alkanes of at least 4 members (excludes halogenated alkanes) is 2. The van der Waals surface area contributed by atoms with E-state index in [-0.39, 0.29) is 5.82 Å². The molecule has 0 saturated carbocycles. The van der Waals surface area contributed by atoms with Crippen LogP contribution < -0.4 is 17.2 Å². The summed E-state index contributed by atoms with van der Waals surface area (Å²) in [6.07, 6.45) is 4.68. The molecule has 3 rings (SSSR count). The van der Waals surface area contributed by atoms with Crippen molar-refractivity contribution in [2.45, 2.75) is 61.9 Å². The molecule has 29 heavy (non-hydrogen) atoms. The summed E-state index contributed by atoms with van der Waals surface area (Å²) in [5.41, 5.74) is 18.0. The molecule has 8 N–H and O–H groups in total. The summed E-state index contributed by atoms with van der Waals surface area (Å²) in [5, 5.41) is 21.5. The lowest BCUT2D eigenvalue weighted by Crippen LogP contribution is -2.33. The van der Waals surface area contributed by atoms with E-state index in [1.54, 1.807) is 16.3 Å². The van der Waals surface area contributed by atoms with Crippen molar-refractivity contribution in [1.29, 1.82) is 0 Å². The van der Waals surface area contributed by atoms with Crippen LogP contribution in [0.2, 0.25) is 0 Å². The fraction of sp³-hybridized carbons (Fsp3) is 0.722. The highest BCUT2D eigenvalue weighted by Gasteiger charge is 2.44. The first-order valence-corrected chi connectivity index (χ1v) is 11.1. The van der Waals surface area contributed by atoms with E-state index in [4.69, 9.17) is 21.9 Å². The first-order valence-electron chi connectivity index (χ1n) is 10.0. The Bertz CT molecular complexity index is 777. The van der Waals surface area contributed by atoms with Crippen LogP contribution in [-0.4, -0.2) is 72.1 Å². The van der Waals surface area contributed by atoms with Gasteiger partial charge in [-0.15, -0.1) is 0 Å². The highest BCUT2D eigenvalue weighted by molar-refractivity contribution is 7.99. The van der Waals surface area contributed by atoms with Gasteiger partial charge in [-0.1, -0.05) is 12.8 Å². The van der Waals surface area contributed by atoms with Crippen molar-refractivity contribution in [1.82, 2.24) is 19.5 Å². The second kappa shape index (κ2) is 10.5. The molecular formula is C18H31N7O3S. The van der Waals surface area contributed by atoms with Gasteiger partial charge in [-0.25, -0.2) is 15.0 Å². The molecule has 0 radical (unpaired) electrons. The number of nitrogen functional groups attached to an aromatic ring is 1. The van der Waals surface area contributed by atoms with E-state index < -0.39 is 24.5 Å². The largest absolute Gasteiger partial charge is 0.387 e. The second-order valence-electron chi connectivity index (χ2n) is 7.30. The van der Waals surface area contributed by atoms with Gasteiger partial charge in [0.1, 0.15) is 24.1 Å². The number of aromatic nitrogens is 4. The highest BCUT2D eigenvalue weighted by Crippen LogP contribution is 2.34. The lowest BCUT2D eigenvalue weighted by Gasteiger charge is -2.20. The van der Waals surface area contributed by atoms with Crippen LogP contribution >= 0.6 is 11.8 Å². The third kappa shape index (κ3) is 5.16. The summed E-state index contributed by atoms with van der Waals surface area (Å²) in [6, 6.07) is 0. The Balaban J connectivity index is 1.62. The van der Waals surface area contributed by atoms with Gasteiger partial charge in [0.05, 0.1) is 12.4 Å². The average Bonchev–Trinajstić information content (AvgIpc) is 3.26. The Kier molecular flexibility index (Phi) is 8.04. The molecule has 0 aromatic carbocycles. The van der Waals surface area contributed by atoms with Crippen molar-refractivity contribution >= 4 is 28.7 Å². The van der Waals surface area contributed by atoms with Gasteiger partial charge >= 0.3 is 0 Å². The lowest BCUT2D eigenvalue weighted by molar-refractivity contribution is -0.0289. The Labute approximate surface area is 174 Å². The molecule has 0 bridgehead atoms. The van der Waals surface area contributed by atoms with E-state index in [1.165, 1.54) is 12.7 Å². The molecule has 2 aromatic rings. The van der Waals surface area contributed by atoms with Gasteiger partial charge < -0.3 is 32.2 Å². The van der Waals surface area contributed by atoms with Gasteiger partial charge in [-0.3, -0.25) is 4.57 Å². The van der Waals surface area contributed by atoms with Crippen LogP contribution in [0.25, 0.3) is 11.2 Å². The summed E-state index contributed by atoms with van der Waals surface area (Å²) < 4.78 is 7.60. The monoisotopic (exact) mass is 425 g/mol. The molecule has 0 amide bonds. The quantitative estimate of drug-likeness (QED) is 0.308. The normalized spacial score (nSPS) is 25.7. The molecule has 1 saturated heterocycles. The van der Waals surface area contributed by atoms with Crippen molar-refractivity contribution < 1.29 is 14.9 Å². The molecule has 0 aliphatic carbocycles. The smallest absolute Gasteiger partial charge is 0.167 e. The maximum Gasteiger partial charge on any atom is 0.167 e. The van der Waals surface area contributed by atoms with E-state index in [2.05, 4.69) is 15.0 Å². The number of rotatable bonds is 11. The van der Waals surface area contributed by atoms with E-state index in [1.807, 2.05) is 0 Å². The topological polar surface area (TPSA) is 171 Å². The average molecular weight is 426 g/mol. The maximum absolute atomic E-state index is 10.6. The molecule has 10 nitrogen and oxygen atoms in total. The summed E-state index contributed by atoms with van der Waals surface area (Å²) in [5.74, 6) is 0.827. The number of aliphatic hydroxyl groups excluding tert-OH is 2. The zero-order valence-corrected chi connectivity index (χ0v) is 17.2. The molecule has 1 aliphatic heterocycles. The molecule has 5 atom stereocenters. The minimum Gasteiger partial charge on any atom is -0.387 e. The van der Waals surface area contributed by atoms with Gasteiger partial charge in [0.25, 0.3) is 0 Å². The van der Waals surface area contributed by atoms with Crippen LogP contribution in [0.1, 0.15) is 38.3 Å². The summed E-state index contributed by atoms with van der Waals surface area (Å²) in [4.78, 5) is 12.3. The Morgan fingerprint density at radius 3 is 2.66 bits per heavy atom. The van der Waals surface area contributed by atoms with Crippen molar-refractivity contribution in [2.24, 2.45) is 11.5 Å². The lowest BCUT2D eigenvalue weighted by atomic mass is 10.1. The Morgan fingerprint density at radius 1 is 1.07 bits per heavy atom. The third-order valence-electron chi connectivity index (χ3n) is 5.21. The second-order valence-corrected chi connectivity index (χ2v) is 8.63. The van der Waals surface area contributed by atoms with E-state index >= 15 is 0 Å². The third-order valence-corrected chi connectivity index (χ3v) is 6.68. The first kappa shape index (κ1) is 22.2. The summed E-state index contributed by atoms with van der Waals surface area (Å²) >= 11 is 1.73. The van der Waals surface area contributed by atoms with Crippen molar-refractivity contribution in [3.05, 3.63) is 12.7 Å². The number of fused-ring (bicyclic) bond motifs is 1. The number of anilines is 1. The van der Waals surface area contributed by atoms with Crippen LogP contribution in [0.5, 0.6) is 0 Å². The van der Waals surface area contributed by atoms with Gasteiger partial charge in [0.15, 0.2) is 17.7 Å². The number of imidazole rings is 1. The number of aliphatic hydroxyl groups is 2. The summed E-state index contributed by atoms with van der Waals surface area (Å²) in [6.45, 7) is 1.34. The molecular weight excluding hydrogens is 394 g/mol. The van der Waals surface area contributed by atoms with Crippen molar-refractivity contribution in [2.75, 3.05) is 24.6 Å². The zero-order chi connectivity index (χ0) is 20.8. The molecule has 11 heteroatoms. The minimum atomic E-state index is -1.09. The molecule has 0 spiro atoms. The van der Waals surface area contributed by atoms with Crippen LogP contribution in [0.15, 0.2) is 12.7 Å². The molecule has 1 fully saturated rings. The van der Waals surface area contributed by atoms with Crippen LogP contribution in [0, 0.1) is 0 Å². The van der Waals surface area contributed by atoms with Gasteiger partial charge in [0, 0.05) is 11.0 Å². The van der Waals surface area contributed by atoms with E-state index in [0.717, 1.165) is 38.6 Å². The molecule has 2 aromatic heterocycles. The SMILES string of the molecule is NCCCCC[C@H](CCN)SC[C@H]1O[C@@H](n2cnc3c(N)ncnc32)[C@H](O)[C@@H]1O. The Morgan fingerprint density at radius 2 is 1.90 bits per heavy atom. The predicted octanol–water partition coefficient (Wildman–Crippen LogP) is -0.00260. The van der Waals surface area contributed by atoms with Crippen molar-refractivity contribution in [3.8, 4) is 0 Å². The summed E-state index contributed by atoms with van der Waals surface area (Å²) in [7, 11) is 0. The number of hydrogen-bond donors (Lipinski definition) is 5. The first-order chi connectivity index (χ1) is 14.1. The van der Waals surface area contributed by atoms with Crippen molar-refractivity contribution in [3.63, 3.8) is 0 Å². The number of nitrogens with zero attached hydrogens (tertiary/aromatic N) is 4. The fourth-order valence-corrected chi connectivity index (χ4v) is 4.95. The molecule has 1 aliphatic rings. The predicted molar refractivity (Wildman–Crippen MR) is 113 cm³/mol. The number of ether oxygens (including phenoxy) is 1. The van der Waals surface area contributed by atoms with Crippen LogP contribution in [0.3, 0.4) is 0 Å². The molecule has 162 valence electrons. The van der Waals surface area contributed by atoms with Crippen LogP contribution in [-0.2, 0) is 4.74 Å². The molecule has 0 unspecified atom stereocenters. The standard InChI is InChI=1S/C18H31N7O3S/c19-6-3-1-2-4-11(5-7-20)29-8-12-14(26)15(27)18(28-12)25-10-24-13-16(21)22-9-23-17(13)25/h9-12,14-15,18,26-27H,1-8,19-20H2,(H2,21,22,23)/t11-,12-,14-,15-,18-/m1/s1. The van der Waals surface area contributed by atoms with Crippen LogP contribution in [0.4, 0.5) is 5.82 Å². The van der Waals surface area contributed by atoms with Gasteiger partial charge in [-0.2, -0.15) is 11.8 Å². The van der Waals surface area contributed by atoms with Gasteiger partial charge in [0.2, 0.25) is 0 Å². The van der Waals surface area contributed by atoms with Gasteiger partial charge in [-0.05, 0) is 32.4 Å². The number of thioether (sulfide) groups is 1. The van der Waals surface area contributed by atoms with E-state index in [0.29, 0.717) is 28.7 Å². The zero-order valence-electron chi connectivity index (χ0n) is 16.4. The number of nitrogens with two attached hydrogens (primary N) is 3. The molecule has 3 heterocycles. The minimum absolute atomic E-state index is 0.258. The van der Waals surface area contributed by atoms with E-state index in [9.17, 15) is 10.2 Å². The number of hydrogen-bond acceptors (Lipinski definition) is 10. The Hall–Kier alpha value is -1.50. The fourth-order valence-electron chi connectivity index (χ4n) is 3.57.